The quantitative estimate of drug-likeness (QED) is 0.161. The number of hydrogen-bond acceptors (Lipinski definition) is 8. The van der Waals surface area contributed by atoms with Crippen molar-refractivity contribution in [2.75, 3.05) is 5.75 Å². The van der Waals surface area contributed by atoms with E-state index >= 15 is 0 Å². The lowest BCUT2D eigenvalue weighted by Gasteiger charge is -2.27. The SMILES string of the molecule is CC(OC(=O)CCCCC1CCSS1)OC(=O)NC(C(=O)O)C(C)(C)S. The van der Waals surface area contributed by atoms with Crippen molar-refractivity contribution in [3.05, 3.63) is 0 Å². The first-order valence-electron chi connectivity index (χ1n) is 8.49. The van der Waals surface area contributed by atoms with Crippen LogP contribution in [-0.2, 0) is 19.1 Å². The van der Waals surface area contributed by atoms with Crippen LogP contribution in [0.25, 0.3) is 0 Å². The van der Waals surface area contributed by atoms with Gasteiger partial charge in [-0.05, 0) is 33.1 Å². The summed E-state index contributed by atoms with van der Waals surface area (Å²) in [5.74, 6) is -0.477. The standard InChI is InChI=1S/C16H27NO6S3/c1-10(23-15(21)17-13(14(19)20)16(2,3)24)22-12(18)7-5-4-6-11-8-9-25-26-11/h10-11,13,24H,4-9H2,1-3H3,(H,17,21)(H,19,20). The predicted molar refractivity (Wildman–Crippen MR) is 107 cm³/mol. The van der Waals surface area contributed by atoms with Gasteiger partial charge in [-0.15, -0.1) is 0 Å². The first-order valence-corrected chi connectivity index (χ1v) is 11.3. The summed E-state index contributed by atoms with van der Waals surface area (Å²) in [6, 6.07) is -1.24. The number of hydrogen-bond donors (Lipinski definition) is 3. The van der Waals surface area contributed by atoms with E-state index < -0.39 is 35.1 Å². The van der Waals surface area contributed by atoms with Gasteiger partial charge in [0.25, 0.3) is 0 Å². The highest BCUT2D eigenvalue weighted by atomic mass is 33.1. The monoisotopic (exact) mass is 425 g/mol. The summed E-state index contributed by atoms with van der Waals surface area (Å²) in [5, 5.41) is 12.0. The minimum atomic E-state index is -1.24. The maximum absolute atomic E-state index is 11.8. The molecule has 0 bridgehead atoms. The molecule has 0 aliphatic carbocycles. The Labute approximate surface area is 167 Å². The molecular weight excluding hydrogens is 398 g/mol. The average Bonchev–Trinajstić information content (AvgIpc) is 3.01. The van der Waals surface area contributed by atoms with Crippen molar-refractivity contribution >= 4 is 52.2 Å². The Morgan fingerprint density at radius 3 is 2.54 bits per heavy atom. The van der Waals surface area contributed by atoms with Crippen molar-refractivity contribution in [1.82, 2.24) is 5.32 Å². The van der Waals surface area contributed by atoms with Crippen LogP contribution in [0.15, 0.2) is 0 Å². The minimum Gasteiger partial charge on any atom is -0.480 e. The smallest absolute Gasteiger partial charge is 0.410 e. The van der Waals surface area contributed by atoms with Gasteiger partial charge in [-0.25, -0.2) is 9.59 Å². The molecule has 150 valence electrons. The van der Waals surface area contributed by atoms with Gasteiger partial charge < -0.3 is 19.9 Å². The van der Waals surface area contributed by atoms with E-state index in [1.54, 1.807) is 13.8 Å². The lowest BCUT2D eigenvalue weighted by molar-refractivity contribution is -0.165. The first-order chi connectivity index (χ1) is 12.1. The predicted octanol–water partition coefficient (Wildman–Crippen LogP) is 3.48. The van der Waals surface area contributed by atoms with Crippen LogP contribution >= 0.6 is 34.2 Å². The van der Waals surface area contributed by atoms with Gasteiger partial charge >= 0.3 is 18.0 Å². The normalized spacial score (nSPS) is 19.5. The third-order valence-electron chi connectivity index (χ3n) is 3.67. The molecule has 1 heterocycles. The van der Waals surface area contributed by atoms with Crippen LogP contribution in [0.2, 0.25) is 0 Å². The van der Waals surface area contributed by atoms with Crippen LogP contribution < -0.4 is 5.32 Å². The number of aliphatic carboxylic acids is 1. The van der Waals surface area contributed by atoms with Crippen molar-refractivity contribution in [2.45, 2.75) is 75.2 Å². The van der Waals surface area contributed by atoms with Crippen LogP contribution in [-0.4, -0.2) is 51.2 Å². The van der Waals surface area contributed by atoms with E-state index in [0.717, 1.165) is 19.3 Å². The summed E-state index contributed by atoms with van der Waals surface area (Å²) in [7, 11) is 3.81. The zero-order chi connectivity index (χ0) is 19.7. The van der Waals surface area contributed by atoms with Gasteiger partial charge in [-0.2, -0.15) is 12.6 Å². The summed E-state index contributed by atoms with van der Waals surface area (Å²) < 4.78 is 8.93. The van der Waals surface area contributed by atoms with E-state index in [1.807, 2.05) is 21.6 Å². The number of nitrogens with one attached hydrogen (secondary N) is 1. The van der Waals surface area contributed by atoms with E-state index in [2.05, 4.69) is 17.9 Å². The number of esters is 1. The maximum Gasteiger partial charge on any atom is 0.410 e. The average molecular weight is 426 g/mol. The number of rotatable bonds is 10. The van der Waals surface area contributed by atoms with Gasteiger partial charge in [0.15, 0.2) is 0 Å². The summed E-state index contributed by atoms with van der Waals surface area (Å²) >= 11 is 4.15. The van der Waals surface area contributed by atoms with E-state index in [9.17, 15) is 14.4 Å². The van der Waals surface area contributed by atoms with E-state index in [4.69, 9.17) is 14.6 Å². The molecule has 0 aromatic rings. The molecule has 3 atom stereocenters. The Balaban J connectivity index is 2.24. The number of carbonyl (C=O) groups is 3. The molecule has 7 nitrogen and oxygen atoms in total. The fraction of sp³-hybridized carbons (Fsp3) is 0.812. The van der Waals surface area contributed by atoms with Crippen molar-refractivity contribution in [1.29, 1.82) is 0 Å². The van der Waals surface area contributed by atoms with Crippen LogP contribution in [0.3, 0.4) is 0 Å². The topological polar surface area (TPSA) is 102 Å². The summed E-state index contributed by atoms with van der Waals surface area (Å²) in [6.07, 6.45) is 2.20. The van der Waals surface area contributed by atoms with Crippen molar-refractivity contribution in [2.24, 2.45) is 0 Å². The van der Waals surface area contributed by atoms with Crippen LogP contribution in [0.5, 0.6) is 0 Å². The number of carboxylic acids is 1. The minimum absolute atomic E-state index is 0.265. The van der Waals surface area contributed by atoms with Gasteiger partial charge in [-0.1, -0.05) is 28.0 Å². The highest BCUT2D eigenvalue weighted by molar-refractivity contribution is 8.77. The molecule has 0 radical (unpaired) electrons. The summed E-state index contributed by atoms with van der Waals surface area (Å²) in [5.41, 5.74) is 0. The Hall–Kier alpha value is -0.740. The Morgan fingerprint density at radius 1 is 1.31 bits per heavy atom. The fourth-order valence-corrected chi connectivity index (χ4v) is 5.52. The number of alkyl carbamates (subject to hydrolysis) is 1. The Bertz CT molecular complexity index is 491. The van der Waals surface area contributed by atoms with E-state index in [1.165, 1.54) is 19.1 Å². The molecule has 10 heteroatoms. The Morgan fingerprint density at radius 2 is 2.00 bits per heavy atom. The summed E-state index contributed by atoms with van der Waals surface area (Å²) in [4.78, 5) is 34.7. The molecule has 1 aliphatic heterocycles. The lowest BCUT2D eigenvalue weighted by atomic mass is 10.0. The molecule has 26 heavy (non-hydrogen) atoms. The number of carbonyl (C=O) groups excluding carboxylic acids is 2. The molecule has 2 N–H and O–H groups in total. The molecule has 1 amide bonds. The molecule has 0 aromatic carbocycles. The van der Waals surface area contributed by atoms with Crippen molar-refractivity contribution in [3.8, 4) is 0 Å². The molecule has 0 spiro atoms. The zero-order valence-corrected chi connectivity index (χ0v) is 17.8. The van der Waals surface area contributed by atoms with E-state index in [-0.39, 0.29) is 6.42 Å². The molecule has 3 unspecified atom stereocenters. The van der Waals surface area contributed by atoms with Gasteiger partial charge in [0.1, 0.15) is 6.04 Å². The van der Waals surface area contributed by atoms with Crippen LogP contribution in [0.1, 0.15) is 52.9 Å². The van der Waals surface area contributed by atoms with Crippen molar-refractivity contribution < 1.29 is 29.0 Å². The third kappa shape index (κ3) is 9.27. The second kappa shape index (κ2) is 11.2. The highest BCUT2D eigenvalue weighted by Gasteiger charge is 2.34. The second-order valence-electron chi connectivity index (χ2n) is 6.61. The lowest BCUT2D eigenvalue weighted by Crippen LogP contribution is -2.52. The molecule has 0 saturated carbocycles. The number of thiol groups is 1. The fourth-order valence-electron chi connectivity index (χ4n) is 2.32. The first kappa shape index (κ1) is 23.3. The second-order valence-corrected chi connectivity index (χ2v) is 10.5. The highest BCUT2D eigenvalue weighted by Crippen LogP contribution is 2.39. The van der Waals surface area contributed by atoms with Crippen molar-refractivity contribution in [3.63, 3.8) is 0 Å². The zero-order valence-electron chi connectivity index (χ0n) is 15.2. The number of unbranched alkanes of at least 4 members (excludes halogenated alkanes) is 1. The van der Waals surface area contributed by atoms with Gasteiger partial charge in [0.05, 0.1) is 0 Å². The van der Waals surface area contributed by atoms with Crippen LogP contribution in [0.4, 0.5) is 4.79 Å². The van der Waals surface area contributed by atoms with Gasteiger partial charge in [-0.3, -0.25) is 4.79 Å². The third-order valence-corrected chi connectivity index (χ3v) is 6.94. The number of ether oxygens (including phenoxy) is 2. The van der Waals surface area contributed by atoms with Gasteiger partial charge in [0, 0.05) is 29.1 Å². The molecule has 0 aromatic heterocycles. The van der Waals surface area contributed by atoms with Crippen LogP contribution in [0, 0.1) is 0 Å². The Kier molecular flexibility index (Phi) is 10.0. The largest absolute Gasteiger partial charge is 0.480 e. The molecular formula is C16H27NO6S3. The van der Waals surface area contributed by atoms with Gasteiger partial charge in [0.2, 0.25) is 6.29 Å². The molecule has 1 fully saturated rings. The van der Waals surface area contributed by atoms with E-state index in [0.29, 0.717) is 5.25 Å². The number of carboxylic acid groups (broad SMARTS) is 1. The maximum atomic E-state index is 11.8. The molecule has 1 rings (SSSR count). The number of amides is 1. The summed E-state index contributed by atoms with van der Waals surface area (Å²) in [6.45, 7) is 4.52. The molecule has 1 aliphatic rings. The molecule has 1 saturated heterocycles.